The highest BCUT2D eigenvalue weighted by Crippen LogP contribution is 2.24. The second-order valence-electron chi connectivity index (χ2n) is 4.52. The summed E-state index contributed by atoms with van der Waals surface area (Å²) in [4.78, 5) is 15.9. The molecule has 2 nitrogen and oxygen atoms in total. The number of nitrogens with zero attached hydrogens (tertiary/aromatic N) is 1. The van der Waals surface area contributed by atoms with Crippen LogP contribution in [0.2, 0.25) is 0 Å². The van der Waals surface area contributed by atoms with Crippen LogP contribution in [-0.4, -0.2) is 22.8 Å². The maximum Gasteiger partial charge on any atom is 0.149 e. The molecule has 0 aliphatic carbocycles. The smallest absolute Gasteiger partial charge is 0.149 e. The molecule has 0 saturated heterocycles. The lowest BCUT2D eigenvalue weighted by molar-refractivity contribution is -0.115. The van der Waals surface area contributed by atoms with Gasteiger partial charge in [0.2, 0.25) is 0 Å². The summed E-state index contributed by atoms with van der Waals surface area (Å²) in [6.07, 6.45) is 2.43. The van der Waals surface area contributed by atoms with E-state index in [0.717, 1.165) is 10.7 Å². The standard InChI is InChI=1S/C11H17NOS2/c1-11(2,3)9-7-15-10(12-9)5-8(13)6-14-4/h7H,5-6H2,1-4H3. The zero-order valence-corrected chi connectivity index (χ0v) is 11.3. The number of ketones is 1. The minimum atomic E-state index is 0.0807. The summed E-state index contributed by atoms with van der Waals surface area (Å²) in [6, 6.07) is 0. The molecule has 1 rings (SSSR count). The van der Waals surface area contributed by atoms with Gasteiger partial charge in [-0.15, -0.1) is 11.3 Å². The van der Waals surface area contributed by atoms with Crippen molar-refractivity contribution >= 4 is 28.9 Å². The predicted octanol–water partition coefficient (Wildman–Crippen LogP) is 2.92. The van der Waals surface area contributed by atoms with Crippen molar-refractivity contribution in [3.05, 3.63) is 16.1 Å². The van der Waals surface area contributed by atoms with Crippen LogP contribution in [0, 0.1) is 0 Å². The Morgan fingerprint density at radius 1 is 1.53 bits per heavy atom. The average Bonchev–Trinajstić information content (AvgIpc) is 2.52. The predicted molar refractivity (Wildman–Crippen MR) is 67.9 cm³/mol. The highest BCUT2D eigenvalue weighted by Gasteiger charge is 2.18. The Morgan fingerprint density at radius 2 is 2.20 bits per heavy atom. The van der Waals surface area contributed by atoms with Crippen molar-refractivity contribution in [1.82, 2.24) is 4.98 Å². The second-order valence-corrected chi connectivity index (χ2v) is 6.33. The minimum Gasteiger partial charge on any atom is -0.298 e. The molecule has 0 atom stereocenters. The van der Waals surface area contributed by atoms with Crippen molar-refractivity contribution in [2.45, 2.75) is 32.6 Å². The van der Waals surface area contributed by atoms with Gasteiger partial charge < -0.3 is 0 Å². The molecule has 0 aromatic carbocycles. The van der Waals surface area contributed by atoms with Crippen LogP contribution in [0.4, 0.5) is 0 Å². The SMILES string of the molecule is CSCC(=O)Cc1nc(C(C)(C)C)cs1. The summed E-state index contributed by atoms with van der Waals surface area (Å²) in [5.74, 6) is 0.849. The Kier molecular flexibility index (Phi) is 4.34. The van der Waals surface area contributed by atoms with Gasteiger partial charge in [0.15, 0.2) is 0 Å². The molecule has 0 unspecified atom stereocenters. The van der Waals surface area contributed by atoms with Crippen LogP contribution in [0.5, 0.6) is 0 Å². The van der Waals surface area contributed by atoms with Crippen LogP contribution < -0.4 is 0 Å². The Bertz CT molecular complexity index is 339. The highest BCUT2D eigenvalue weighted by atomic mass is 32.2. The summed E-state index contributed by atoms with van der Waals surface area (Å²) in [6.45, 7) is 6.40. The molecule has 0 aliphatic heterocycles. The number of thiazole rings is 1. The van der Waals surface area contributed by atoms with E-state index in [0.29, 0.717) is 12.2 Å². The van der Waals surface area contributed by atoms with Crippen LogP contribution in [0.1, 0.15) is 31.5 Å². The first-order valence-corrected chi connectivity index (χ1v) is 7.16. The van der Waals surface area contributed by atoms with Crippen molar-refractivity contribution < 1.29 is 4.79 Å². The van der Waals surface area contributed by atoms with Crippen LogP contribution in [0.25, 0.3) is 0 Å². The fourth-order valence-corrected chi connectivity index (χ4v) is 2.59. The Hall–Kier alpha value is -0.350. The Morgan fingerprint density at radius 3 is 2.67 bits per heavy atom. The number of aromatic nitrogens is 1. The van der Waals surface area contributed by atoms with Gasteiger partial charge in [-0.3, -0.25) is 4.79 Å². The molecule has 0 fully saturated rings. The summed E-state index contributed by atoms with van der Waals surface area (Å²) < 4.78 is 0. The molecular formula is C11H17NOS2. The zero-order chi connectivity index (χ0) is 11.5. The summed E-state index contributed by atoms with van der Waals surface area (Å²) in [5, 5.41) is 3.00. The molecule has 0 N–H and O–H groups in total. The minimum absolute atomic E-state index is 0.0807. The number of carbonyl (C=O) groups excluding carboxylic acids is 1. The molecule has 4 heteroatoms. The molecule has 0 radical (unpaired) electrons. The lowest BCUT2D eigenvalue weighted by Crippen LogP contribution is -2.12. The quantitative estimate of drug-likeness (QED) is 0.814. The van der Waals surface area contributed by atoms with Crippen molar-refractivity contribution in [2.75, 3.05) is 12.0 Å². The van der Waals surface area contributed by atoms with Crippen molar-refractivity contribution in [2.24, 2.45) is 0 Å². The number of rotatable bonds is 4. The maximum atomic E-state index is 11.4. The normalized spacial score (nSPS) is 11.7. The second kappa shape index (κ2) is 5.12. The van der Waals surface area contributed by atoms with Crippen LogP contribution in [0.15, 0.2) is 5.38 Å². The first kappa shape index (κ1) is 12.7. The number of hydrogen-bond donors (Lipinski definition) is 0. The number of hydrogen-bond acceptors (Lipinski definition) is 4. The van der Waals surface area contributed by atoms with Gasteiger partial charge in [0, 0.05) is 10.8 Å². The van der Waals surface area contributed by atoms with Crippen molar-refractivity contribution in [3.63, 3.8) is 0 Å². The molecule has 0 saturated carbocycles. The van der Waals surface area contributed by atoms with E-state index in [1.54, 1.807) is 23.1 Å². The summed E-state index contributed by atoms with van der Waals surface area (Å²) >= 11 is 3.16. The van der Waals surface area contributed by atoms with Gasteiger partial charge in [0.25, 0.3) is 0 Å². The summed E-state index contributed by atoms with van der Waals surface area (Å²) in [7, 11) is 0. The van der Waals surface area contributed by atoms with E-state index < -0.39 is 0 Å². The van der Waals surface area contributed by atoms with Gasteiger partial charge in [-0.2, -0.15) is 11.8 Å². The lowest BCUT2D eigenvalue weighted by Gasteiger charge is -2.14. The molecule has 0 aliphatic rings. The lowest BCUT2D eigenvalue weighted by atomic mass is 9.93. The molecule has 0 spiro atoms. The van der Waals surface area contributed by atoms with Crippen LogP contribution in [-0.2, 0) is 16.6 Å². The third-order valence-electron chi connectivity index (χ3n) is 1.97. The van der Waals surface area contributed by atoms with E-state index >= 15 is 0 Å². The van der Waals surface area contributed by atoms with Crippen LogP contribution >= 0.6 is 23.1 Å². The van der Waals surface area contributed by atoms with Gasteiger partial charge in [0.05, 0.1) is 17.9 Å². The average molecular weight is 243 g/mol. The van der Waals surface area contributed by atoms with Gasteiger partial charge >= 0.3 is 0 Å². The Labute approximate surface area is 99.5 Å². The van der Waals surface area contributed by atoms with Crippen molar-refractivity contribution in [1.29, 1.82) is 0 Å². The molecule has 0 amide bonds. The fraction of sp³-hybridized carbons (Fsp3) is 0.636. The van der Waals surface area contributed by atoms with Gasteiger partial charge in [-0.05, 0) is 6.26 Å². The van der Waals surface area contributed by atoms with E-state index in [9.17, 15) is 4.79 Å². The molecular weight excluding hydrogens is 226 g/mol. The number of Topliss-reactive ketones (excluding diaryl/α,β-unsaturated/α-hetero) is 1. The van der Waals surface area contributed by atoms with Crippen molar-refractivity contribution in [3.8, 4) is 0 Å². The van der Waals surface area contributed by atoms with Gasteiger partial charge in [-0.1, -0.05) is 20.8 Å². The third kappa shape index (κ3) is 3.95. The van der Waals surface area contributed by atoms with Gasteiger partial charge in [0.1, 0.15) is 10.8 Å². The number of carbonyl (C=O) groups is 1. The Balaban J connectivity index is 2.65. The topological polar surface area (TPSA) is 30.0 Å². The monoisotopic (exact) mass is 243 g/mol. The molecule has 0 bridgehead atoms. The zero-order valence-electron chi connectivity index (χ0n) is 9.66. The largest absolute Gasteiger partial charge is 0.298 e. The first-order chi connectivity index (χ1) is 6.93. The maximum absolute atomic E-state index is 11.4. The van der Waals surface area contributed by atoms with Crippen LogP contribution in [0.3, 0.4) is 0 Å². The van der Waals surface area contributed by atoms with E-state index in [4.69, 9.17) is 0 Å². The molecule has 84 valence electrons. The highest BCUT2D eigenvalue weighted by molar-refractivity contribution is 7.99. The molecule has 1 heterocycles. The van der Waals surface area contributed by atoms with E-state index in [1.807, 2.05) is 6.26 Å². The molecule has 1 aromatic rings. The number of thioether (sulfide) groups is 1. The molecule has 1 aromatic heterocycles. The van der Waals surface area contributed by atoms with E-state index in [1.165, 1.54) is 0 Å². The van der Waals surface area contributed by atoms with Gasteiger partial charge in [-0.25, -0.2) is 4.98 Å². The van der Waals surface area contributed by atoms with E-state index in [2.05, 4.69) is 31.1 Å². The van der Waals surface area contributed by atoms with E-state index in [-0.39, 0.29) is 11.2 Å². The summed E-state index contributed by atoms with van der Waals surface area (Å²) in [5.41, 5.74) is 1.16. The third-order valence-corrected chi connectivity index (χ3v) is 3.43. The fourth-order valence-electron chi connectivity index (χ4n) is 1.12. The molecule has 15 heavy (non-hydrogen) atoms. The first-order valence-electron chi connectivity index (χ1n) is 4.89.